The summed E-state index contributed by atoms with van der Waals surface area (Å²) in [7, 11) is 3.53. The number of hydrogen-bond donors (Lipinski definition) is 0. The lowest BCUT2D eigenvalue weighted by Crippen LogP contribution is -1.97. The van der Waals surface area contributed by atoms with Crippen molar-refractivity contribution in [1.82, 2.24) is 9.78 Å². The SMILES string of the molecule is COc1ccc(COc2nn(C)cc2I)cc1. The van der Waals surface area contributed by atoms with E-state index in [0.29, 0.717) is 12.5 Å². The van der Waals surface area contributed by atoms with Gasteiger partial charge in [0.2, 0.25) is 5.88 Å². The first-order chi connectivity index (χ1) is 8.19. The van der Waals surface area contributed by atoms with E-state index in [4.69, 9.17) is 9.47 Å². The summed E-state index contributed by atoms with van der Waals surface area (Å²) >= 11 is 2.21. The molecule has 0 saturated heterocycles. The van der Waals surface area contributed by atoms with Crippen LogP contribution in [0.3, 0.4) is 0 Å². The minimum Gasteiger partial charge on any atom is -0.497 e. The van der Waals surface area contributed by atoms with Crippen LogP contribution in [0.5, 0.6) is 11.6 Å². The molecule has 2 rings (SSSR count). The van der Waals surface area contributed by atoms with E-state index in [1.54, 1.807) is 11.8 Å². The van der Waals surface area contributed by atoms with E-state index in [0.717, 1.165) is 14.9 Å². The highest BCUT2D eigenvalue weighted by Gasteiger charge is 2.05. The molecule has 0 aliphatic rings. The molecular weight excluding hydrogens is 331 g/mol. The van der Waals surface area contributed by atoms with Crippen LogP contribution in [0, 0.1) is 3.57 Å². The molecule has 0 N–H and O–H groups in total. The van der Waals surface area contributed by atoms with Crippen LogP contribution in [0.4, 0.5) is 0 Å². The van der Waals surface area contributed by atoms with E-state index in [2.05, 4.69) is 27.7 Å². The third kappa shape index (κ3) is 3.12. The average Bonchev–Trinajstić information content (AvgIpc) is 2.66. The summed E-state index contributed by atoms with van der Waals surface area (Å²) < 4.78 is 13.5. The highest BCUT2D eigenvalue weighted by molar-refractivity contribution is 14.1. The molecule has 1 aromatic carbocycles. The summed E-state index contributed by atoms with van der Waals surface area (Å²) in [6.07, 6.45) is 1.92. The second-order valence-electron chi connectivity index (χ2n) is 3.59. The Labute approximate surface area is 114 Å². The van der Waals surface area contributed by atoms with Crippen molar-refractivity contribution >= 4 is 22.6 Å². The van der Waals surface area contributed by atoms with Gasteiger partial charge in [-0.1, -0.05) is 12.1 Å². The molecule has 0 saturated carbocycles. The minimum absolute atomic E-state index is 0.511. The highest BCUT2D eigenvalue weighted by atomic mass is 127. The lowest BCUT2D eigenvalue weighted by molar-refractivity contribution is 0.288. The van der Waals surface area contributed by atoms with Crippen LogP contribution in [-0.4, -0.2) is 16.9 Å². The Morgan fingerprint density at radius 3 is 2.53 bits per heavy atom. The molecule has 0 spiro atoms. The van der Waals surface area contributed by atoms with Gasteiger partial charge in [-0.15, -0.1) is 5.10 Å². The molecule has 17 heavy (non-hydrogen) atoms. The molecule has 0 radical (unpaired) electrons. The molecule has 2 aromatic rings. The van der Waals surface area contributed by atoms with E-state index < -0.39 is 0 Å². The zero-order valence-corrected chi connectivity index (χ0v) is 11.8. The predicted octanol–water partition coefficient (Wildman–Crippen LogP) is 2.61. The maximum atomic E-state index is 5.64. The van der Waals surface area contributed by atoms with Gasteiger partial charge in [0.1, 0.15) is 12.4 Å². The number of aryl methyl sites for hydroxylation is 1. The van der Waals surface area contributed by atoms with Crippen LogP contribution in [0.2, 0.25) is 0 Å². The summed E-state index contributed by atoms with van der Waals surface area (Å²) in [5.74, 6) is 1.52. The van der Waals surface area contributed by atoms with E-state index >= 15 is 0 Å². The monoisotopic (exact) mass is 344 g/mol. The van der Waals surface area contributed by atoms with Gasteiger partial charge in [-0.25, -0.2) is 0 Å². The molecule has 0 unspecified atom stereocenters. The maximum Gasteiger partial charge on any atom is 0.246 e. The molecular formula is C12H13IN2O2. The lowest BCUT2D eigenvalue weighted by atomic mass is 10.2. The molecule has 0 bridgehead atoms. The Bertz CT molecular complexity index is 494. The standard InChI is InChI=1S/C12H13IN2O2/c1-15-7-11(13)12(14-15)17-8-9-3-5-10(16-2)6-4-9/h3-7H,8H2,1-2H3. The third-order valence-electron chi connectivity index (χ3n) is 2.29. The molecule has 4 nitrogen and oxygen atoms in total. The number of nitrogens with zero attached hydrogens (tertiary/aromatic N) is 2. The minimum atomic E-state index is 0.511. The van der Waals surface area contributed by atoms with Gasteiger partial charge >= 0.3 is 0 Å². The molecule has 1 aromatic heterocycles. The fourth-order valence-corrected chi connectivity index (χ4v) is 2.08. The molecule has 90 valence electrons. The van der Waals surface area contributed by atoms with Crippen molar-refractivity contribution in [3.63, 3.8) is 0 Å². The molecule has 5 heteroatoms. The summed E-state index contributed by atoms with van der Waals surface area (Å²) in [5.41, 5.74) is 1.09. The molecule has 0 atom stereocenters. The number of ether oxygens (including phenoxy) is 2. The van der Waals surface area contributed by atoms with E-state index in [1.807, 2.05) is 37.5 Å². The third-order valence-corrected chi connectivity index (χ3v) is 3.03. The van der Waals surface area contributed by atoms with Gasteiger partial charge in [0.05, 0.1) is 10.7 Å². The number of hydrogen-bond acceptors (Lipinski definition) is 3. The molecule has 0 aliphatic carbocycles. The Kier molecular flexibility index (Phi) is 3.88. The van der Waals surface area contributed by atoms with Crippen molar-refractivity contribution in [2.75, 3.05) is 7.11 Å². The molecule has 0 fully saturated rings. The summed E-state index contributed by atoms with van der Waals surface area (Å²) in [4.78, 5) is 0. The molecule has 1 heterocycles. The van der Waals surface area contributed by atoms with E-state index in [-0.39, 0.29) is 0 Å². The van der Waals surface area contributed by atoms with E-state index in [9.17, 15) is 0 Å². The zero-order valence-electron chi connectivity index (χ0n) is 9.68. The zero-order chi connectivity index (χ0) is 12.3. The largest absolute Gasteiger partial charge is 0.497 e. The van der Waals surface area contributed by atoms with Crippen molar-refractivity contribution in [2.45, 2.75) is 6.61 Å². The van der Waals surface area contributed by atoms with Gasteiger partial charge in [-0.05, 0) is 40.3 Å². The Balaban J connectivity index is 1.99. The van der Waals surface area contributed by atoms with Crippen LogP contribution in [0.25, 0.3) is 0 Å². The molecule has 0 aliphatic heterocycles. The van der Waals surface area contributed by atoms with Gasteiger partial charge in [-0.2, -0.15) is 0 Å². The van der Waals surface area contributed by atoms with Gasteiger partial charge in [0.25, 0.3) is 0 Å². The smallest absolute Gasteiger partial charge is 0.246 e. The van der Waals surface area contributed by atoms with Crippen LogP contribution >= 0.6 is 22.6 Å². The van der Waals surface area contributed by atoms with Gasteiger partial charge in [0, 0.05) is 13.2 Å². The first-order valence-electron chi connectivity index (χ1n) is 5.14. The first-order valence-corrected chi connectivity index (χ1v) is 6.22. The van der Waals surface area contributed by atoms with Crippen molar-refractivity contribution in [3.05, 3.63) is 39.6 Å². The fourth-order valence-electron chi connectivity index (χ4n) is 1.41. The predicted molar refractivity (Wildman–Crippen MR) is 73.3 cm³/mol. The first kappa shape index (κ1) is 12.2. The van der Waals surface area contributed by atoms with E-state index in [1.165, 1.54) is 0 Å². The quantitative estimate of drug-likeness (QED) is 0.800. The number of methoxy groups -OCH3 is 1. The Morgan fingerprint density at radius 2 is 2.00 bits per heavy atom. The number of halogens is 1. The fraction of sp³-hybridized carbons (Fsp3) is 0.250. The van der Waals surface area contributed by atoms with Crippen LogP contribution in [-0.2, 0) is 13.7 Å². The van der Waals surface area contributed by atoms with Crippen LogP contribution in [0.1, 0.15) is 5.56 Å². The average molecular weight is 344 g/mol. The van der Waals surface area contributed by atoms with Crippen LogP contribution in [0.15, 0.2) is 30.5 Å². The normalized spacial score (nSPS) is 10.3. The van der Waals surface area contributed by atoms with Crippen molar-refractivity contribution in [1.29, 1.82) is 0 Å². The number of aromatic nitrogens is 2. The highest BCUT2D eigenvalue weighted by Crippen LogP contribution is 2.19. The van der Waals surface area contributed by atoms with Crippen molar-refractivity contribution in [3.8, 4) is 11.6 Å². The van der Waals surface area contributed by atoms with Crippen molar-refractivity contribution < 1.29 is 9.47 Å². The number of benzene rings is 1. The molecule has 0 amide bonds. The summed E-state index contributed by atoms with van der Waals surface area (Å²) in [6, 6.07) is 7.80. The summed E-state index contributed by atoms with van der Waals surface area (Å²) in [6.45, 7) is 0.511. The van der Waals surface area contributed by atoms with Gasteiger partial charge < -0.3 is 9.47 Å². The van der Waals surface area contributed by atoms with Gasteiger partial charge in [0.15, 0.2) is 0 Å². The maximum absolute atomic E-state index is 5.64. The van der Waals surface area contributed by atoms with Crippen LogP contribution < -0.4 is 9.47 Å². The van der Waals surface area contributed by atoms with Gasteiger partial charge in [-0.3, -0.25) is 4.68 Å². The number of rotatable bonds is 4. The second-order valence-corrected chi connectivity index (χ2v) is 4.75. The summed E-state index contributed by atoms with van der Waals surface area (Å²) in [5, 5.41) is 4.22. The Morgan fingerprint density at radius 1 is 1.29 bits per heavy atom. The Hall–Kier alpha value is -1.24. The van der Waals surface area contributed by atoms with Crippen molar-refractivity contribution in [2.24, 2.45) is 7.05 Å². The topological polar surface area (TPSA) is 36.3 Å². The lowest BCUT2D eigenvalue weighted by Gasteiger charge is -2.04. The second kappa shape index (κ2) is 5.39.